The van der Waals surface area contributed by atoms with Gasteiger partial charge in [0.1, 0.15) is 0 Å². The van der Waals surface area contributed by atoms with Gasteiger partial charge in [0.2, 0.25) is 5.91 Å². The van der Waals surface area contributed by atoms with E-state index >= 15 is 0 Å². The van der Waals surface area contributed by atoms with E-state index < -0.39 is 0 Å². The molecule has 0 bridgehead atoms. The summed E-state index contributed by atoms with van der Waals surface area (Å²) in [6, 6.07) is 8.95. The highest BCUT2D eigenvalue weighted by molar-refractivity contribution is 14.0. The summed E-state index contributed by atoms with van der Waals surface area (Å²) in [6.45, 7) is 12.0. The molecule has 1 aromatic carbocycles. The predicted octanol–water partition coefficient (Wildman–Crippen LogP) is 3.31. The largest absolute Gasteiger partial charge is 0.357 e. The third-order valence-corrected chi connectivity index (χ3v) is 5.90. The Morgan fingerprint density at radius 2 is 1.47 bits per heavy atom. The van der Waals surface area contributed by atoms with Gasteiger partial charge >= 0.3 is 0 Å². The Hall–Kier alpha value is -1.35. The van der Waals surface area contributed by atoms with E-state index in [0.29, 0.717) is 6.54 Å². The van der Waals surface area contributed by atoms with E-state index in [-0.39, 0.29) is 29.9 Å². The molecule has 0 spiro atoms. The van der Waals surface area contributed by atoms with Gasteiger partial charge in [0.05, 0.1) is 6.54 Å². The topological polar surface area (TPSA) is 51.2 Å². The maximum atomic E-state index is 11.5. The van der Waals surface area contributed by atoms with E-state index in [2.05, 4.69) is 46.3 Å². The second-order valence-corrected chi connectivity index (χ2v) is 8.17. The highest BCUT2D eigenvalue weighted by Gasteiger charge is 2.20. The van der Waals surface area contributed by atoms with Crippen LogP contribution in [0, 0.1) is 0 Å². The summed E-state index contributed by atoms with van der Waals surface area (Å²) >= 11 is 0. The van der Waals surface area contributed by atoms with Crippen molar-refractivity contribution in [3.63, 3.8) is 0 Å². The summed E-state index contributed by atoms with van der Waals surface area (Å²) in [5.41, 5.74) is 2.63. The summed E-state index contributed by atoms with van der Waals surface area (Å²) < 4.78 is 0. The molecule has 2 aliphatic rings. The van der Waals surface area contributed by atoms with Gasteiger partial charge in [-0.05, 0) is 44.0 Å². The molecular weight excluding hydrogens is 489 g/mol. The quantitative estimate of drug-likeness (QED) is 0.363. The lowest BCUT2D eigenvalue weighted by molar-refractivity contribution is -0.130. The van der Waals surface area contributed by atoms with Crippen molar-refractivity contribution in [2.75, 3.05) is 45.8 Å². The van der Waals surface area contributed by atoms with Crippen molar-refractivity contribution in [1.29, 1.82) is 0 Å². The minimum Gasteiger partial charge on any atom is -0.357 e. The second-order valence-electron chi connectivity index (χ2n) is 8.17. The molecule has 30 heavy (non-hydrogen) atoms. The zero-order valence-corrected chi connectivity index (χ0v) is 20.9. The average Bonchev–Trinajstić information content (AvgIpc) is 3.01. The minimum absolute atomic E-state index is 0. The number of rotatable bonds is 5. The number of aliphatic imine (C=N–C) groups is 1. The molecule has 168 valence electrons. The van der Waals surface area contributed by atoms with Gasteiger partial charge in [0, 0.05) is 46.2 Å². The first kappa shape index (κ1) is 24.9. The highest BCUT2D eigenvalue weighted by atomic mass is 127. The van der Waals surface area contributed by atoms with Crippen LogP contribution in [-0.2, 0) is 17.9 Å². The summed E-state index contributed by atoms with van der Waals surface area (Å²) in [6.07, 6.45) is 5.43. The number of amides is 1. The van der Waals surface area contributed by atoms with Crippen LogP contribution in [0.1, 0.15) is 50.7 Å². The third kappa shape index (κ3) is 7.72. The Labute approximate surface area is 199 Å². The number of carbonyl (C=O) groups is 1. The van der Waals surface area contributed by atoms with Crippen LogP contribution in [0.2, 0.25) is 0 Å². The molecule has 0 aliphatic carbocycles. The standard InChI is InChI=1S/C23H37N5O.HI/c1-3-24-23(28-16-14-27(15-17-28)20(2)29)25-18-21-8-10-22(11-9-21)19-26-12-6-4-5-7-13-26;/h8-11H,3-7,12-19H2,1-2H3,(H,24,25);1H. The zero-order valence-electron chi connectivity index (χ0n) is 18.6. The van der Waals surface area contributed by atoms with E-state index in [9.17, 15) is 4.79 Å². The fourth-order valence-electron chi connectivity index (χ4n) is 4.13. The van der Waals surface area contributed by atoms with Gasteiger partial charge in [-0.15, -0.1) is 24.0 Å². The molecule has 3 rings (SSSR count). The fraction of sp³-hybridized carbons (Fsp3) is 0.652. The molecule has 0 aromatic heterocycles. The lowest BCUT2D eigenvalue weighted by Gasteiger charge is -2.36. The molecule has 2 saturated heterocycles. The zero-order chi connectivity index (χ0) is 20.5. The predicted molar refractivity (Wildman–Crippen MR) is 134 cm³/mol. The molecule has 2 heterocycles. The van der Waals surface area contributed by atoms with Crippen LogP contribution >= 0.6 is 24.0 Å². The van der Waals surface area contributed by atoms with Crippen LogP contribution in [0.5, 0.6) is 0 Å². The van der Waals surface area contributed by atoms with Crippen LogP contribution < -0.4 is 5.32 Å². The Balaban J connectivity index is 0.00000320. The van der Waals surface area contributed by atoms with Crippen molar-refractivity contribution < 1.29 is 4.79 Å². The smallest absolute Gasteiger partial charge is 0.219 e. The molecule has 1 aromatic rings. The molecule has 0 saturated carbocycles. The first-order valence-corrected chi connectivity index (χ1v) is 11.2. The number of carbonyl (C=O) groups excluding carboxylic acids is 1. The summed E-state index contributed by atoms with van der Waals surface area (Å²) in [7, 11) is 0. The van der Waals surface area contributed by atoms with Crippen LogP contribution in [0.25, 0.3) is 0 Å². The first-order chi connectivity index (χ1) is 14.2. The van der Waals surface area contributed by atoms with E-state index in [0.717, 1.165) is 45.2 Å². The molecule has 0 atom stereocenters. The monoisotopic (exact) mass is 527 g/mol. The summed E-state index contributed by atoms with van der Waals surface area (Å²) in [4.78, 5) is 23.1. The fourth-order valence-corrected chi connectivity index (χ4v) is 4.13. The number of hydrogen-bond acceptors (Lipinski definition) is 3. The van der Waals surface area contributed by atoms with Crippen molar-refractivity contribution >= 4 is 35.8 Å². The number of halogens is 1. The molecule has 1 amide bonds. The molecular formula is C23H38IN5O. The van der Waals surface area contributed by atoms with Gasteiger partial charge in [-0.2, -0.15) is 0 Å². The van der Waals surface area contributed by atoms with Gasteiger partial charge in [-0.1, -0.05) is 37.1 Å². The first-order valence-electron chi connectivity index (χ1n) is 11.2. The van der Waals surface area contributed by atoms with Crippen molar-refractivity contribution in [2.45, 2.75) is 52.6 Å². The van der Waals surface area contributed by atoms with E-state index in [1.807, 2.05) is 4.90 Å². The molecule has 0 unspecified atom stereocenters. The van der Waals surface area contributed by atoms with Crippen LogP contribution in [0.3, 0.4) is 0 Å². The normalized spacial score (nSPS) is 18.5. The minimum atomic E-state index is 0. The second kappa shape index (κ2) is 13.1. The highest BCUT2D eigenvalue weighted by Crippen LogP contribution is 2.14. The lowest BCUT2D eigenvalue weighted by atomic mass is 10.1. The van der Waals surface area contributed by atoms with Crippen molar-refractivity contribution in [3.05, 3.63) is 35.4 Å². The Bertz CT molecular complexity index is 663. The number of hydrogen-bond donors (Lipinski definition) is 1. The van der Waals surface area contributed by atoms with Crippen molar-refractivity contribution in [2.24, 2.45) is 4.99 Å². The van der Waals surface area contributed by atoms with Crippen LogP contribution in [0.4, 0.5) is 0 Å². The maximum Gasteiger partial charge on any atom is 0.219 e. The molecule has 6 nitrogen and oxygen atoms in total. The van der Waals surface area contributed by atoms with Crippen LogP contribution in [0.15, 0.2) is 29.3 Å². The van der Waals surface area contributed by atoms with Gasteiger partial charge < -0.3 is 15.1 Å². The van der Waals surface area contributed by atoms with Gasteiger partial charge in [-0.25, -0.2) is 4.99 Å². The summed E-state index contributed by atoms with van der Waals surface area (Å²) in [5.74, 6) is 1.11. The number of guanidine groups is 1. The molecule has 2 aliphatic heterocycles. The number of nitrogens with one attached hydrogen (secondary N) is 1. The number of nitrogens with zero attached hydrogens (tertiary/aromatic N) is 4. The van der Waals surface area contributed by atoms with E-state index in [1.54, 1.807) is 6.92 Å². The van der Waals surface area contributed by atoms with Crippen LogP contribution in [-0.4, -0.2) is 72.4 Å². The molecule has 7 heteroatoms. The lowest BCUT2D eigenvalue weighted by Crippen LogP contribution is -2.53. The molecule has 1 N–H and O–H groups in total. The third-order valence-electron chi connectivity index (χ3n) is 5.90. The maximum absolute atomic E-state index is 11.5. The van der Waals surface area contributed by atoms with E-state index in [4.69, 9.17) is 4.99 Å². The molecule has 0 radical (unpaired) electrons. The number of likely N-dealkylation sites (tertiary alicyclic amines) is 1. The number of benzene rings is 1. The van der Waals surface area contributed by atoms with Crippen molar-refractivity contribution in [3.8, 4) is 0 Å². The van der Waals surface area contributed by atoms with Gasteiger partial charge in [0.15, 0.2) is 5.96 Å². The Morgan fingerprint density at radius 3 is 2.03 bits per heavy atom. The summed E-state index contributed by atoms with van der Waals surface area (Å²) in [5, 5.41) is 3.40. The van der Waals surface area contributed by atoms with Gasteiger partial charge in [-0.3, -0.25) is 9.69 Å². The SMILES string of the molecule is CCNC(=NCc1ccc(CN2CCCCCC2)cc1)N1CCN(C(C)=O)CC1.I. The molecule has 2 fully saturated rings. The Kier molecular flexibility index (Phi) is 10.9. The number of piperazine rings is 1. The van der Waals surface area contributed by atoms with E-state index in [1.165, 1.54) is 49.9 Å². The van der Waals surface area contributed by atoms with Crippen molar-refractivity contribution in [1.82, 2.24) is 20.0 Å². The Morgan fingerprint density at radius 1 is 0.900 bits per heavy atom. The van der Waals surface area contributed by atoms with Gasteiger partial charge in [0.25, 0.3) is 0 Å². The average molecular weight is 527 g/mol.